The van der Waals surface area contributed by atoms with Crippen LogP contribution in [0.2, 0.25) is 0 Å². The van der Waals surface area contributed by atoms with Gasteiger partial charge in [-0.2, -0.15) is 0 Å². The Kier molecular flexibility index (Phi) is 3.06. The molecule has 0 unspecified atom stereocenters. The van der Waals surface area contributed by atoms with Gasteiger partial charge in [-0.1, -0.05) is 6.07 Å². The van der Waals surface area contributed by atoms with Gasteiger partial charge in [-0.3, -0.25) is 9.78 Å². The molecule has 0 atom stereocenters. The maximum atomic E-state index is 12.4. The zero-order valence-electron chi connectivity index (χ0n) is 13.8. The van der Waals surface area contributed by atoms with Crippen LogP contribution in [0.4, 0.5) is 5.69 Å². The fraction of sp³-hybridized carbons (Fsp3) is 0.211. The molecule has 3 aromatic rings. The number of hydrogen-bond donors (Lipinski definition) is 0. The Balaban J connectivity index is 1.75. The van der Waals surface area contributed by atoms with E-state index in [1.165, 1.54) is 0 Å². The maximum Gasteiger partial charge on any atom is 0.236 e. The highest BCUT2D eigenvalue weighted by Crippen LogP contribution is 2.42. The lowest BCUT2D eigenvalue weighted by atomic mass is 9.86. The van der Waals surface area contributed by atoms with Gasteiger partial charge >= 0.3 is 0 Å². The van der Waals surface area contributed by atoms with Crippen LogP contribution < -0.4 is 4.90 Å². The summed E-state index contributed by atoms with van der Waals surface area (Å²) in [6.07, 6.45) is 5.09. The number of oxazole rings is 1. The molecule has 2 aromatic heterocycles. The fourth-order valence-corrected chi connectivity index (χ4v) is 3.17. The predicted molar refractivity (Wildman–Crippen MR) is 91.6 cm³/mol. The average Bonchev–Trinajstić information content (AvgIpc) is 3.16. The lowest BCUT2D eigenvalue weighted by Gasteiger charge is -2.16. The Morgan fingerprint density at radius 3 is 2.75 bits per heavy atom. The molecule has 0 spiro atoms. The molecule has 0 bridgehead atoms. The molecular formula is C19H17N3O2. The van der Waals surface area contributed by atoms with Gasteiger partial charge in [0.15, 0.2) is 0 Å². The van der Waals surface area contributed by atoms with Gasteiger partial charge in [-0.25, -0.2) is 4.98 Å². The van der Waals surface area contributed by atoms with Crippen molar-refractivity contribution in [2.75, 3.05) is 11.9 Å². The second-order valence-electron chi connectivity index (χ2n) is 6.50. The summed E-state index contributed by atoms with van der Waals surface area (Å²) in [5.74, 6) is 0.625. The summed E-state index contributed by atoms with van der Waals surface area (Å²) in [6, 6.07) is 9.70. The minimum atomic E-state index is -0.500. The summed E-state index contributed by atoms with van der Waals surface area (Å²) in [4.78, 5) is 22.7. The molecule has 24 heavy (non-hydrogen) atoms. The van der Waals surface area contributed by atoms with Crippen molar-refractivity contribution in [1.82, 2.24) is 9.97 Å². The molecule has 0 saturated carbocycles. The molecule has 0 aliphatic carbocycles. The molecule has 3 heterocycles. The minimum absolute atomic E-state index is 0.0955. The zero-order valence-corrected chi connectivity index (χ0v) is 13.8. The number of amides is 1. The van der Waals surface area contributed by atoms with Crippen LogP contribution in [-0.4, -0.2) is 22.9 Å². The van der Waals surface area contributed by atoms with E-state index in [4.69, 9.17) is 4.42 Å². The number of fused-ring (bicyclic) bond motifs is 1. The van der Waals surface area contributed by atoms with Crippen LogP contribution in [0.1, 0.15) is 19.4 Å². The SMILES string of the molecule is CN1C(=O)C(C)(C)c2ccc(-c3nc(-c4cccnc4)co3)cc21. The molecule has 0 radical (unpaired) electrons. The molecule has 0 N–H and O–H groups in total. The zero-order chi connectivity index (χ0) is 16.9. The van der Waals surface area contributed by atoms with Crippen molar-refractivity contribution >= 4 is 11.6 Å². The molecule has 0 saturated heterocycles. The Hall–Kier alpha value is -2.95. The van der Waals surface area contributed by atoms with E-state index in [1.807, 2.05) is 44.2 Å². The fourth-order valence-electron chi connectivity index (χ4n) is 3.17. The molecule has 1 aliphatic heterocycles. The third kappa shape index (κ3) is 2.05. The van der Waals surface area contributed by atoms with E-state index >= 15 is 0 Å². The maximum absolute atomic E-state index is 12.4. The molecule has 5 heteroatoms. The minimum Gasteiger partial charge on any atom is -0.444 e. The third-order valence-electron chi connectivity index (χ3n) is 4.58. The van der Waals surface area contributed by atoms with Gasteiger partial charge in [0, 0.05) is 36.3 Å². The molecule has 1 aromatic carbocycles. The third-order valence-corrected chi connectivity index (χ3v) is 4.58. The summed E-state index contributed by atoms with van der Waals surface area (Å²) >= 11 is 0. The number of pyridine rings is 1. The van der Waals surface area contributed by atoms with Crippen LogP contribution in [0.25, 0.3) is 22.7 Å². The van der Waals surface area contributed by atoms with Crippen molar-refractivity contribution in [3.05, 3.63) is 54.6 Å². The molecule has 4 rings (SSSR count). The number of nitrogens with zero attached hydrogens (tertiary/aromatic N) is 3. The largest absolute Gasteiger partial charge is 0.444 e. The monoisotopic (exact) mass is 319 g/mol. The first-order chi connectivity index (χ1) is 11.5. The van der Waals surface area contributed by atoms with Crippen LogP contribution in [0.15, 0.2) is 53.4 Å². The van der Waals surface area contributed by atoms with E-state index < -0.39 is 5.41 Å². The van der Waals surface area contributed by atoms with E-state index in [-0.39, 0.29) is 5.91 Å². The molecule has 0 fully saturated rings. The topological polar surface area (TPSA) is 59.2 Å². The molecular weight excluding hydrogens is 302 g/mol. The highest BCUT2D eigenvalue weighted by atomic mass is 16.3. The van der Waals surface area contributed by atoms with E-state index in [0.717, 1.165) is 28.1 Å². The Bertz CT molecular complexity index is 929. The van der Waals surface area contributed by atoms with Crippen molar-refractivity contribution < 1.29 is 9.21 Å². The van der Waals surface area contributed by atoms with Crippen LogP contribution >= 0.6 is 0 Å². The number of rotatable bonds is 2. The number of aromatic nitrogens is 2. The number of hydrogen-bond acceptors (Lipinski definition) is 4. The Labute approximate surface area is 140 Å². The van der Waals surface area contributed by atoms with E-state index in [9.17, 15) is 4.79 Å². The Morgan fingerprint density at radius 1 is 1.17 bits per heavy atom. The second kappa shape index (κ2) is 5.03. The lowest BCUT2D eigenvalue weighted by molar-refractivity contribution is -0.121. The van der Waals surface area contributed by atoms with Crippen LogP contribution in [-0.2, 0) is 10.2 Å². The average molecular weight is 319 g/mol. The van der Waals surface area contributed by atoms with E-state index in [1.54, 1.807) is 30.6 Å². The first-order valence-electron chi connectivity index (χ1n) is 7.77. The second-order valence-corrected chi connectivity index (χ2v) is 6.50. The number of benzene rings is 1. The quantitative estimate of drug-likeness (QED) is 0.723. The highest BCUT2D eigenvalue weighted by molar-refractivity contribution is 6.07. The predicted octanol–water partition coefficient (Wildman–Crippen LogP) is 3.66. The highest BCUT2D eigenvalue weighted by Gasteiger charge is 2.42. The van der Waals surface area contributed by atoms with E-state index in [0.29, 0.717) is 5.89 Å². The first-order valence-corrected chi connectivity index (χ1v) is 7.77. The first kappa shape index (κ1) is 14.6. The standard InChI is InChI=1S/C19H17N3O2/c1-19(2)14-7-6-12(9-16(14)22(3)18(19)23)17-21-15(11-24-17)13-5-4-8-20-10-13/h4-11H,1-3H3. The van der Waals surface area contributed by atoms with Crippen molar-refractivity contribution in [1.29, 1.82) is 0 Å². The number of anilines is 1. The van der Waals surface area contributed by atoms with Crippen LogP contribution in [0, 0.1) is 0 Å². The van der Waals surface area contributed by atoms with Crippen molar-refractivity contribution in [2.45, 2.75) is 19.3 Å². The molecule has 120 valence electrons. The van der Waals surface area contributed by atoms with Gasteiger partial charge in [-0.15, -0.1) is 0 Å². The summed E-state index contributed by atoms with van der Waals surface area (Å²) < 4.78 is 5.64. The normalized spacial score (nSPS) is 15.6. The molecule has 1 amide bonds. The van der Waals surface area contributed by atoms with Crippen molar-refractivity contribution in [3.63, 3.8) is 0 Å². The van der Waals surface area contributed by atoms with Gasteiger partial charge in [0.2, 0.25) is 11.8 Å². The summed E-state index contributed by atoms with van der Waals surface area (Å²) in [6.45, 7) is 3.89. The van der Waals surface area contributed by atoms with Gasteiger partial charge in [0.05, 0.1) is 5.41 Å². The van der Waals surface area contributed by atoms with Gasteiger partial charge in [0.1, 0.15) is 12.0 Å². The van der Waals surface area contributed by atoms with E-state index in [2.05, 4.69) is 9.97 Å². The summed E-state index contributed by atoms with van der Waals surface area (Å²) in [7, 11) is 1.80. The number of carbonyl (C=O) groups is 1. The molecule has 5 nitrogen and oxygen atoms in total. The van der Waals surface area contributed by atoms with Crippen LogP contribution in [0.3, 0.4) is 0 Å². The molecule has 1 aliphatic rings. The van der Waals surface area contributed by atoms with Gasteiger partial charge in [-0.05, 0) is 43.7 Å². The van der Waals surface area contributed by atoms with Gasteiger partial charge in [0.25, 0.3) is 0 Å². The van der Waals surface area contributed by atoms with Crippen molar-refractivity contribution in [2.24, 2.45) is 0 Å². The Morgan fingerprint density at radius 2 is 2.00 bits per heavy atom. The summed E-state index contributed by atoms with van der Waals surface area (Å²) in [5, 5.41) is 0. The summed E-state index contributed by atoms with van der Waals surface area (Å²) in [5.41, 5.74) is 3.92. The van der Waals surface area contributed by atoms with Gasteiger partial charge < -0.3 is 9.32 Å². The lowest BCUT2D eigenvalue weighted by Crippen LogP contribution is -2.33. The number of carbonyl (C=O) groups excluding carboxylic acids is 1. The van der Waals surface area contributed by atoms with Crippen molar-refractivity contribution in [3.8, 4) is 22.7 Å². The smallest absolute Gasteiger partial charge is 0.236 e. The number of likely N-dealkylation sites (N-methyl/N-ethyl adjacent to an activating group) is 1. The van der Waals surface area contributed by atoms with Crippen LogP contribution in [0.5, 0.6) is 0 Å².